The molecule has 2 heterocycles. The van der Waals surface area contributed by atoms with Gasteiger partial charge in [-0.1, -0.05) is 0 Å². The van der Waals surface area contributed by atoms with E-state index in [9.17, 15) is 0 Å². The Kier molecular flexibility index (Phi) is 4.66. The molecule has 0 spiro atoms. The predicted molar refractivity (Wildman–Crippen MR) is 119 cm³/mol. The van der Waals surface area contributed by atoms with Crippen molar-refractivity contribution in [1.29, 1.82) is 0 Å². The molecule has 0 amide bonds. The van der Waals surface area contributed by atoms with Crippen molar-refractivity contribution in [3.63, 3.8) is 0 Å². The second-order valence-electron chi connectivity index (χ2n) is 7.82. The Labute approximate surface area is 166 Å². The highest BCUT2D eigenvalue weighted by Crippen LogP contribution is 2.61. The summed E-state index contributed by atoms with van der Waals surface area (Å²) in [6.45, 7) is 0. The van der Waals surface area contributed by atoms with Gasteiger partial charge in [0.2, 0.25) is 15.0 Å². The lowest BCUT2D eigenvalue weighted by Gasteiger charge is -2.35. The van der Waals surface area contributed by atoms with Crippen molar-refractivity contribution in [3.05, 3.63) is 35.0 Å². The lowest BCUT2D eigenvalue weighted by molar-refractivity contribution is 0.559. The molecule has 0 radical (unpaired) electrons. The molecule has 4 rings (SSSR count). The molecule has 2 aliphatic heterocycles. The Morgan fingerprint density at radius 1 is 0.536 bits per heavy atom. The van der Waals surface area contributed by atoms with Gasteiger partial charge in [-0.25, -0.2) is 37.7 Å². The Morgan fingerprint density at radius 2 is 0.857 bits per heavy atom. The van der Waals surface area contributed by atoms with Crippen LogP contribution in [0.25, 0.3) is 10.8 Å². The second-order valence-corrected chi connectivity index (χ2v) is 14.0. The van der Waals surface area contributed by atoms with E-state index in [-0.39, 0.29) is 0 Å². The lowest BCUT2D eigenvalue weighted by atomic mass is 10.1. The van der Waals surface area contributed by atoms with Crippen LogP contribution in [0, 0.1) is 0 Å². The van der Waals surface area contributed by atoms with Crippen LogP contribution in [0.2, 0.25) is 0 Å². The zero-order valence-electron chi connectivity index (χ0n) is 17.8. The predicted octanol–water partition coefficient (Wildman–Crippen LogP) is 3.51. The first kappa shape index (κ1) is 19.9. The topological polar surface area (TPSA) is 62.4 Å². The summed E-state index contributed by atoms with van der Waals surface area (Å²) in [5.74, 6) is 0. The van der Waals surface area contributed by atoms with Gasteiger partial charge in [-0.15, -0.1) is 0 Å². The van der Waals surface area contributed by atoms with Crippen LogP contribution in [-0.4, -0.2) is 75.1 Å². The Morgan fingerprint density at radius 3 is 1.14 bits per heavy atom. The molecule has 0 bridgehead atoms. The summed E-state index contributed by atoms with van der Waals surface area (Å²) in [5, 5.41) is 4.09. The summed E-state index contributed by atoms with van der Waals surface area (Å²) in [4.78, 5) is 0. The third-order valence-corrected chi connectivity index (χ3v) is 11.4. The zero-order chi connectivity index (χ0) is 20.4. The molecule has 0 atom stereocenters. The van der Waals surface area contributed by atoms with Crippen molar-refractivity contribution in [2.24, 2.45) is 19.0 Å². The van der Waals surface area contributed by atoms with Gasteiger partial charge >= 0.3 is 0 Å². The van der Waals surface area contributed by atoms with Gasteiger partial charge in [-0.3, -0.25) is 0 Å². The van der Waals surface area contributed by atoms with Crippen molar-refractivity contribution in [2.45, 2.75) is 0 Å². The van der Waals surface area contributed by atoms with E-state index in [0.29, 0.717) is 0 Å². The van der Waals surface area contributed by atoms with E-state index in [4.69, 9.17) is 19.0 Å². The average molecular weight is 418 g/mol. The molecule has 0 aliphatic carbocycles. The van der Waals surface area contributed by atoms with Gasteiger partial charge < -0.3 is 0 Å². The molecular weight excluding hydrogens is 390 g/mol. The molecule has 0 saturated heterocycles. The number of nitrogens with zero attached hydrogens (tertiary/aromatic N) is 8. The van der Waals surface area contributed by atoms with Crippen LogP contribution in [-0.2, 0) is 0 Å². The molecule has 2 aromatic rings. The van der Waals surface area contributed by atoms with Crippen LogP contribution in [0.1, 0.15) is 0 Å². The SMILES string of the molecule is CN(C)P1(N(C)C)=Nc2ccc3c4c(ccc(c24)=N1)=NP(N(C)C)(N(C)C)=N3. The second kappa shape index (κ2) is 6.56. The van der Waals surface area contributed by atoms with Gasteiger partial charge in [0.15, 0.2) is 0 Å². The van der Waals surface area contributed by atoms with Crippen LogP contribution in [0.5, 0.6) is 0 Å². The van der Waals surface area contributed by atoms with Crippen molar-refractivity contribution >= 4 is 37.2 Å². The van der Waals surface area contributed by atoms with Crippen LogP contribution in [0.3, 0.4) is 0 Å². The highest BCUT2D eigenvalue weighted by atomic mass is 31.2. The summed E-state index contributed by atoms with van der Waals surface area (Å²) >= 11 is 0. The minimum absolute atomic E-state index is 0.979. The third-order valence-electron chi connectivity index (χ3n) is 5.19. The Balaban J connectivity index is 2.12. The van der Waals surface area contributed by atoms with Crippen LogP contribution in [0.4, 0.5) is 11.4 Å². The highest BCUT2D eigenvalue weighted by Gasteiger charge is 2.32. The molecule has 2 aromatic carbocycles. The van der Waals surface area contributed by atoms with Crippen molar-refractivity contribution < 1.29 is 0 Å². The van der Waals surface area contributed by atoms with Gasteiger partial charge in [0, 0.05) is 10.8 Å². The summed E-state index contributed by atoms with van der Waals surface area (Å²) < 4.78 is 29.1. The number of rotatable bonds is 4. The average Bonchev–Trinajstić information content (AvgIpc) is 2.64. The minimum atomic E-state index is -2.16. The number of hydrogen-bond donors (Lipinski definition) is 0. The molecule has 0 unspecified atom stereocenters. The van der Waals surface area contributed by atoms with Gasteiger partial charge in [0.1, 0.15) is 0 Å². The van der Waals surface area contributed by atoms with E-state index in [1.54, 1.807) is 0 Å². The van der Waals surface area contributed by atoms with Gasteiger partial charge in [-0.05, 0) is 80.6 Å². The fourth-order valence-electron chi connectivity index (χ4n) is 3.81. The van der Waals surface area contributed by atoms with Gasteiger partial charge in [0.05, 0.1) is 22.1 Å². The molecule has 2 aliphatic rings. The largest absolute Gasteiger partial charge is 0.246 e. The van der Waals surface area contributed by atoms with Crippen molar-refractivity contribution in [2.75, 3.05) is 56.4 Å². The van der Waals surface area contributed by atoms with E-state index in [2.05, 4.69) is 42.9 Å². The maximum atomic E-state index is 5.14. The molecule has 0 aromatic heterocycles. The summed E-state index contributed by atoms with van der Waals surface area (Å²) in [6.07, 6.45) is 0. The van der Waals surface area contributed by atoms with Crippen LogP contribution in [0.15, 0.2) is 43.3 Å². The molecule has 28 heavy (non-hydrogen) atoms. The third kappa shape index (κ3) is 2.60. The molecular formula is C18H28N8P2. The normalized spacial score (nSPS) is 18.9. The maximum absolute atomic E-state index is 5.14. The Bertz CT molecular complexity index is 1090. The van der Waals surface area contributed by atoms with Crippen molar-refractivity contribution in [1.82, 2.24) is 18.7 Å². The van der Waals surface area contributed by atoms with E-state index in [1.165, 1.54) is 0 Å². The smallest absolute Gasteiger partial charge is 0.216 e. The standard InChI is InChI=1S/C18H28N8P2/c1-23(2)27(24(3)4)19-13-9-11-15-18-16(12-10-14(20-27)17(13)18)22-28(21-15,25(5)6)26(7)8/h9-12H,1-8H3. The van der Waals surface area contributed by atoms with Gasteiger partial charge in [0.25, 0.3) is 0 Å². The Hall–Kier alpha value is -1.40. The number of benzene rings is 2. The molecule has 150 valence electrons. The molecule has 0 saturated carbocycles. The first-order valence-electron chi connectivity index (χ1n) is 9.14. The van der Waals surface area contributed by atoms with Crippen LogP contribution < -0.4 is 10.7 Å². The molecule has 8 nitrogen and oxygen atoms in total. The summed E-state index contributed by atoms with van der Waals surface area (Å²) in [5.41, 5.74) is 1.96. The van der Waals surface area contributed by atoms with E-state index in [0.717, 1.165) is 32.9 Å². The van der Waals surface area contributed by atoms with E-state index < -0.39 is 15.0 Å². The minimum Gasteiger partial charge on any atom is -0.246 e. The lowest BCUT2D eigenvalue weighted by Crippen LogP contribution is -2.26. The maximum Gasteiger partial charge on any atom is 0.216 e. The zero-order valence-corrected chi connectivity index (χ0v) is 19.6. The summed E-state index contributed by atoms with van der Waals surface area (Å²) in [7, 11) is 12.1. The molecule has 10 heteroatoms. The first-order chi connectivity index (χ1) is 13.1. The highest BCUT2D eigenvalue weighted by molar-refractivity contribution is 7.60. The quantitative estimate of drug-likeness (QED) is 0.713. The number of hydrogen-bond acceptors (Lipinski definition) is 8. The molecule has 0 fully saturated rings. The first-order valence-corrected chi connectivity index (χ1v) is 12.3. The van der Waals surface area contributed by atoms with E-state index in [1.807, 2.05) is 56.4 Å². The summed E-state index contributed by atoms with van der Waals surface area (Å²) in [6, 6.07) is 8.37. The van der Waals surface area contributed by atoms with Gasteiger partial charge in [-0.2, -0.15) is 0 Å². The molecule has 0 N–H and O–H groups in total. The fourth-order valence-corrected chi connectivity index (χ4v) is 8.59. The van der Waals surface area contributed by atoms with E-state index >= 15 is 0 Å². The monoisotopic (exact) mass is 418 g/mol. The fraction of sp³-hybridized carbons (Fsp3) is 0.444. The van der Waals surface area contributed by atoms with Crippen LogP contribution >= 0.6 is 15.0 Å². The van der Waals surface area contributed by atoms with Crippen molar-refractivity contribution in [3.8, 4) is 0 Å².